The Bertz CT molecular complexity index is 791. The molecule has 1 saturated heterocycles. The first-order chi connectivity index (χ1) is 13.4. The second-order valence-electron chi connectivity index (χ2n) is 7.94. The van der Waals surface area contributed by atoms with E-state index >= 15 is 0 Å². The summed E-state index contributed by atoms with van der Waals surface area (Å²) in [5.41, 5.74) is 0.677. The number of nitrogens with zero attached hydrogens (tertiary/aromatic N) is 1. The number of methoxy groups -OCH3 is 1. The highest BCUT2D eigenvalue weighted by molar-refractivity contribution is 7.92. The van der Waals surface area contributed by atoms with E-state index < -0.39 is 10.0 Å². The maximum absolute atomic E-state index is 12.7. The Morgan fingerprint density at radius 3 is 2.64 bits per heavy atom. The fourth-order valence-electron chi connectivity index (χ4n) is 4.30. The minimum atomic E-state index is -3.41. The standard InChI is InChI=1S/C20H31N3O4S/c1-27-19-9-8-16(22-28(2,25)26)12-18(19)20(24)21-13-15-10-11-23(14-15)17-6-4-3-5-7-17/h8-9,12,15,17,22H,3-7,10-11,13-14H2,1-2H3,(H,21,24). The van der Waals surface area contributed by atoms with Crippen molar-refractivity contribution in [2.75, 3.05) is 37.7 Å². The number of benzene rings is 1. The summed E-state index contributed by atoms with van der Waals surface area (Å²) in [4.78, 5) is 15.3. The Kier molecular flexibility index (Phi) is 6.82. The molecule has 7 nitrogen and oxygen atoms in total. The van der Waals surface area contributed by atoms with Crippen molar-refractivity contribution in [1.29, 1.82) is 0 Å². The number of hydrogen-bond donors (Lipinski definition) is 2. The van der Waals surface area contributed by atoms with Gasteiger partial charge in [-0.1, -0.05) is 19.3 Å². The number of carbonyl (C=O) groups excluding carboxylic acids is 1. The average molecular weight is 410 g/mol. The monoisotopic (exact) mass is 409 g/mol. The SMILES string of the molecule is COc1ccc(NS(C)(=O)=O)cc1C(=O)NCC1CCN(C2CCCCC2)C1. The molecule has 1 aromatic rings. The average Bonchev–Trinajstić information content (AvgIpc) is 3.14. The summed E-state index contributed by atoms with van der Waals surface area (Å²) in [7, 11) is -1.91. The molecule has 156 valence electrons. The summed E-state index contributed by atoms with van der Waals surface area (Å²) < 4.78 is 30.6. The van der Waals surface area contributed by atoms with Crippen LogP contribution in [0.4, 0.5) is 5.69 Å². The van der Waals surface area contributed by atoms with E-state index in [0.717, 1.165) is 25.8 Å². The van der Waals surface area contributed by atoms with Crippen LogP contribution < -0.4 is 14.8 Å². The molecule has 1 unspecified atom stereocenters. The second kappa shape index (κ2) is 9.13. The molecule has 0 aromatic heterocycles. The van der Waals surface area contributed by atoms with Gasteiger partial charge in [0, 0.05) is 24.8 Å². The van der Waals surface area contributed by atoms with E-state index in [1.807, 2.05) is 0 Å². The number of amides is 1. The Morgan fingerprint density at radius 2 is 1.96 bits per heavy atom. The van der Waals surface area contributed by atoms with Gasteiger partial charge < -0.3 is 15.0 Å². The summed E-state index contributed by atoms with van der Waals surface area (Å²) in [6, 6.07) is 5.41. The molecule has 0 spiro atoms. The molecule has 1 aromatic carbocycles. The quantitative estimate of drug-likeness (QED) is 0.722. The zero-order valence-corrected chi connectivity index (χ0v) is 17.6. The van der Waals surface area contributed by atoms with E-state index in [1.54, 1.807) is 12.1 Å². The highest BCUT2D eigenvalue weighted by Gasteiger charge is 2.29. The van der Waals surface area contributed by atoms with Crippen LogP contribution in [-0.2, 0) is 10.0 Å². The third kappa shape index (κ3) is 5.61. The molecule has 2 aliphatic rings. The number of ether oxygens (including phenoxy) is 1. The predicted octanol–water partition coefficient (Wildman–Crippen LogP) is 2.45. The lowest BCUT2D eigenvalue weighted by Gasteiger charge is -2.31. The lowest BCUT2D eigenvalue weighted by molar-refractivity contribution is 0.0943. The van der Waals surface area contributed by atoms with Crippen LogP contribution in [-0.4, -0.2) is 58.3 Å². The van der Waals surface area contributed by atoms with Crippen molar-refractivity contribution in [2.45, 2.75) is 44.6 Å². The van der Waals surface area contributed by atoms with Gasteiger partial charge in [0.2, 0.25) is 10.0 Å². The third-order valence-electron chi connectivity index (χ3n) is 5.71. The normalized spacial score (nSPS) is 21.4. The van der Waals surface area contributed by atoms with Crippen molar-refractivity contribution >= 4 is 21.6 Å². The molecule has 2 fully saturated rings. The molecule has 28 heavy (non-hydrogen) atoms. The van der Waals surface area contributed by atoms with Crippen LogP contribution >= 0.6 is 0 Å². The lowest BCUT2D eigenvalue weighted by atomic mass is 9.94. The molecule has 1 heterocycles. The van der Waals surface area contributed by atoms with Gasteiger partial charge in [0.1, 0.15) is 5.75 Å². The van der Waals surface area contributed by atoms with E-state index in [1.165, 1.54) is 45.3 Å². The van der Waals surface area contributed by atoms with Crippen molar-refractivity contribution in [2.24, 2.45) is 5.92 Å². The van der Waals surface area contributed by atoms with Gasteiger partial charge in [0.15, 0.2) is 0 Å². The molecule has 1 atom stereocenters. The lowest BCUT2D eigenvalue weighted by Crippen LogP contribution is -2.36. The number of nitrogens with one attached hydrogen (secondary N) is 2. The number of carbonyl (C=O) groups is 1. The number of likely N-dealkylation sites (tertiary alicyclic amines) is 1. The van der Waals surface area contributed by atoms with Crippen LogP contribution in [0.25, 0.3) is 0 Å². The van der Waals surface area contributed by atoms with Gasteiger partial charge in [-0.3, -0.25) is 9.52 Å². The molecular weight excluding hydrogens is 378 g/mol. The van der Waals surface area contributed by atoms with Gasteiger partial charge in [0.25, 0.3) is 5.91 Å². The van der Waals surface area contributed by atoms with Crippen LogP contribution in [0.1, 0.15) is 48.9 Å². The second-order valence-corrected chi connectivity index (χ2v) is 9.69. The zero-order valence-electron chi connectivity index (χ0n) is 16.7. The maximum atomic E-state index is 12.7. The van der Waals surface area contributed by atoms with Crippen molar-refractivity contribution < 1.29 is 17.9 Å². The Morgan fingerprint density at radius 1 is 1.21 bits per heavy atom. The fourth-order valence-corrected chi connectivity index (χ4v) is 4.86. The van der Waals surface area contributed by atoms with Gasteiger partial charge >= 0.3 is 0 Å². The summed E-state index contributed by atoms with van der Waals surface area (Å²) in [5, 5.41) is 3.01. The molecular formula is C20H31N3O4S. The summed E-state index contributed by atoms with van der Waals surface area (Å²) in [5.74, 6) is 0.631. The van der Waals surface area contributed by atoms with E-state index in [2.05, 4.69) is 14.9 Å². The number of anilines is 1. The topological polar surface area (TPSA) is 87.7 Å². The number of hydrogen-bond acceptors (Lipinski definition) is 5. The number of sulfonamides is 1. The predicted molar refractivity (Wildman–Crippen MR) is 110 cm³/mol. The summed E-state index contributed by atoms with van der Waals surface area (Å²) >= 11 is 0. The fraction of sp³-hybridized carbons (Fsp3) is 0.650. The minimum absolute atomic E-state index is 0.245. The van der Waals surface area contributed by atoms with Crippen LogP contribution in [0, 0.1) is 5.92 Å². The first kappa shape index (κ1) is 20.9. The molecule has 8 heteroatoms. The van der Waals surface area contributed by atoms with Crippen LogP contribution in [0.15, 0.2) is 18.2 Å². The Labute approximate surface area is 167 Å². The molecule has 1 aliphatic carbocycles. The molecule has 1 aliphatic heterocycles. The molecule has 2 N–H and O–H groups in total. The highest BCUT2D eigenvalue weighted by atomic mass is 32.2. The molecule has 0 radical (unpaired) electrons. The number of rotatable bonds is 7. The molecule has 1 saturated carbocycles. The largest absolute Gasteiger partial charge is 0.496 e. The van der Waals surface area contributed by atoms with Crippen molar-refractivity contribution in [3.05, 3.63) is 23.8 Å². The zero-order chi connectivity index (χ0) is 20.1. The Hall–Kier alpha value is -1.80. The van der Waals surface area contributed by atoms with Gasteiger partial charge in [0.05, 0.1) is 18.9 Å². The smallest absolute Gasteiger partial charge is 0.255 e. The van der Waals surface area contributed by atoms with E-state index in [9.17, 15) is 13.2 Å². The van der Waals surface area contributed by atoms with Crippen molar-refractivity contribution in [3.8, 4) is 5.75 Å². The van der Waals surface area contributed by atoms with E-state index in [4.69, 9.17) is 4.74 Å². The van der Waals surface area contributed by atoms with Gasteiger partial charge in [-0.15, -0.1) is 0 Å². The highest BCUT2D eigenvalue weighted by Crippen LogP contribution is 2.28. The first-order valence-corrected chi connectivity index (χ1v) is 11.9. The van der Waals surface area contributed by atoms with Crippen molar-refractivity contribution in [1.82, 2.24) is 10.2 Å². The van der Waals surface area contributed by atoms with E-state index in [-0.39, 0.29) is 5.91 Å². The third-order valence-corrected chi connectivity index (χ3v) is 6.31. The van der Waals surface area contributed by atoms with Crippen LogP contribution in [0.5, 0.6) is 5.75 Å². The summed E-state index contributed by atoms with van der Waals surface area (Å²) in [6.45, 7) is 2.77. The van der Waals surface area contributed by atoms with Gasteiger partial charge in [-0.05, 0) is 49.9 Å². The van der Waals surface area contributed by atoms with Crippen LogP contribution in [0.3, 0.4) is 0 Å². The van der Waals surface area contributed by atoms with Crippen LogP contribution in [0.2, 0.25) is 0 Å². The molecule has 3 rings (SSSR count). The minimum Gasteiger partial charge on any atom is -0.496 e. The van der Waals surface area contributed by atoms with Gasteiger partial charge in [-0.25, -0.2) is 8.42 Å². The Balaban J connectivity index is 1.57. The molecule has 0 bridgehead atoms. The van der Waals surface area contributed by atoms with E-state index in [0.29, 0.717) is 35.5 Å². The van der Waals surface area contributed by atoms with Gasteiger partial charge in [-0.2, -0.15) is 0 Å². The summed E-state index contributed by atoms with van der Waals surface area (Å²) in [6.07, 6.45) is 8.81. The first-order valence-electron chi connectivity index (χ1n) is 10.0. The molecule has 1 amide bonds. The van der Waals surface area contributed by atoms with Crippen molar-refractivity contribution in [3.63, 3.8) is 0 Å². The maximum Gasteiger partial charge on any atom is 0.255 e.